The van der Waals surface area contributed by atoms with Gasteiger partial charge in [0, 0.05) is 29.1 Å². The molecule has 2 atom stereocenters. The van der Waals surface area contributed by atoms with Crippen LogP contribution in [0.15, 0.2) is 59.8 Å². The summed E-state index contributed by atoms with van der Waals surface area (Å²) in [6.07, 6.45) is 3.45. The van der Waals surface area contributed by atoms with Crippen LogP contribution in [0.25, 0.3) is 0 Å². The number of carbonyl (C=O) groups is 1. The number of amides is 2. The Morgan fingerprint density at radius 1 is 1.14 bits per heavy atom. The minimum absolute atomic E-state index is 0.0416. The van der Waals surface area contributed by atoms with Crippen molar-refractivity contribution < 1.29 is 4.79 Å². The van der Waals surface area contributed by atoms with Gasteiger partial charge in [0.1, 0.15) is 0 Å². The Labute approximate surface area is 135 Å². The molecule has 2 aromatic rings. The first-order valence-corrected chi connectivity index (χ1v) is 8.19. The molecule has 0 bridgehead atoms. The Bertz CT molecular complexity index is 577. The lowest BCUT2D eigenvalue weighted by atomic mass is 10.1. The molecule has 0 unspecified atom stereocenters. The number of carbonyl (C=O) groups excluding carboxylic acids is 1. The highest BCUT2D eigenvalue weighted by molar-refractivity contribution is 8.00. The first-order chi connectivity index (χ1) is 10.6. The van der Waals surface area contributed by atoms with Crippen molar-refractivity contribution in [1.29, 1.82) is 0 Å². The van der Waals surface area contributed by atoms with E-state index in [1.807, 2.05) is 37.3 Å². The van der Waals surface area contributed by atoms with Gasteiger partial charge in [-0.1, -0.05) is 25.1 Å². The molecule has 0 radical (unpaired) electrons. The first kappa shape index (κ1) is 16.4. The molecule has 4 nitrogen and oxygen atoms in total. The lowest BCUT2D eigenvalue weighted by Crippen LogP contribution is -2.39. The number of hydrogen-bond donors (Lipinski definition) is 2. The maximum absolute atomic E-state index is 11.9. The molecule has 1 aromatic heterocycles. The summed E-state index contributed by atoms with van der Waals surface area (Å²) < 4.78 is 0. The number of nitrogens with one attached hydrogen (secondary N) is 2. The summed E-state index contributed by atoms with van der Waals surface area (Å²) in [5, 5.41) is 6.15. The molecule has 22 heavy (non-hydrogen) atoms. The van der Waals surface area contributed by atoms with Crippen molar-refractivity contribution >= 4 is 17.8 Å². The third-order valence-corrected chi connectivity index (χ3v) is 4.30. The van der Waals surface area contributed by atoms with Gasteiger partial charge in [-0.25, -0.2) is 4.79 Å². The zero-order valence-corrected chi connectivity index (χ0v) is 13.6. The van der Waals surface area contributed by atoms with Gasteiger partial charge in [0.25, 0.3) is 0 Å². The smallest absolute Gasteiger partial charge is 0.315 e. The molecule has 0 saturated carbocycles. The summed E-state index contributed by atoms with van der Waals surface area (Å²) >= 11 is 1.75. The number of rotatable bonds is 6. The minimum Gasteiger partial charge on any atom is -0.337 e. The van der Waals surface area contributed by atoms with Crippen molar-refractivity contribution in [3.63, 3.8) is 0 Å². The van der Waals surface area contributed by atoms with Gasteiger partial charge in [0.2, 0.25) is 0 Å². The second kappa shape index (κ2) is 8.44. The number of hydrogen-bond acceptors (Lipinski definition) is 3. The van der Waals surface area contributed by atoms with Crippen molar-refractivity contribution in [2.45, 2.75) is 30.0 Å². The molecule has 2 rings (SSSR count). The largest absolute Gasteiger partial charge is 0.337 e. The van der Waals surface area contributed by atoms with E-state index in [-0.39, 0.29) is 12.1 Å². The van der Waals surface area contributed by atoms with Gasteiger partial charge in [0.15, 0.2) is 0 Å². The van der Waals surface area contributed by atoms with Gasteiger partial charge < -0.3 is 10.6 Å². The predicted molar refractivity (Wildman–Crippen MR) is 90.9 cm³/mol. The highest BCUT2D eigenvalue weighted by atomic mass is 32.2. The van der Waals surface area contributed by atoms with E-state index in [0.29, 0.717) is 11.8 Å². The number of benzene rings is 1. The Morgan fingerprint density at radius 2 is 1.82 bits per heavy atom. The van der Waals surface area contributed by atoms with E-state index in [9.17, 15) is 4.79 Å². The van der Waals surface area contributed by atoms with Crippen molar-refractivity contribution in [2.75, 3.05) is 6.54 Å². The van der Waals surface area contributed by atoms with E-state index < -0.39 is 0 Å². The van der Waals surface area contributed by atoms with Crippen molar-refractivity contribution in [1.82, 2.24) is 15.6 Å². The molecule has 1 aromatic carbocycles. The number of urea groups is 1. The molecule has 5 heteroatoms. The molecule has 0 aliphatic heterocycles. The molecule has 0 spiro atoms. The van der Waals surface area contributed by atoms with Crippen LogP contribution in [0.2, 0.25) is 0 Å². The van der Waals surface area contributed by atoms with E-state index >= 15 is 0 Å². The van der Waals surface area contributed by atoms with Gasteiger partial charge in [0.05, 0.1) is 6.04 Å². The standard InChI is InChI=1S/C17H21N3OS/c1-13(22-16-6-4-3-5-7-16)12-19-17(21)20-14(2)15-8-10-18-11-9-15/h3-11,13-14H,12H2,1-2H3,(H2,19,20,21)/t13-,14-/m0/s1. The number of pyridine rings is 1. The van der Waals surface area contributed by atoms with E-state index in [0.717, 1.165) is 5.56 Å². The molecule has 2 amide bonds. The van der Waals surface area contributed by atoms with Crippen LogP contribution >= 0.6 is 11.8 Å². The van der Waals surface area contributed by atoms with Crippen LogP contribution in [0.1, 0.15) is 25.5 Å². The lowest BCUT2D eigenvalue weighted by molar-refractivity contribution is 0.238. The Balaban J connectivity index is 1.73. The molecule has 0 fully saturated rings. The minimum atomic E-state index is -0.148. The summed E-state index contributed by atoms with van der Waals surface area (Å²) in [4.78, 5) is 17.1. The van der Waals surface area contributed by atoms with Crippen LogP contribution in [0.3, 0.4) is 0 Å². The fourth-order valence-corrected chi connectivity index (χ4v) is 2.94. The highest BCUT2D eigenvalue weighted by Gasteiger charge is 2.10. The average molecular weight is 315 g/mol. The van der Waals surface area contributed by atoms with E-state index in [1.165, 1.54) is 4.90 Å². The van der Waals surface area contributed by atoms with Crippen molar-refractivity contribution in [3.8, 4) is 0 Å². The highest BCUT2D eigenvalue weighted by Crippen LogP contribution is 2.21. The van der Waals surface area contributed by atoms with Crippen molar-refractivity contribution in [3.05, 3.63) is 60.4 Å². The molecular formula is C17H21N3OS. The fourth-order valence-electron chi connectivity index (χ4n) is 1.99. The van der Waals surface area contributed by atoms with Gasteiger partial charge in [-0.3, -0.25) is 4.98 Å². The SMILES string of the molecule is C[C@H](NC(=O)NC[C@H](C)Sc1ccccc1)c1ccncc1. The molecule has 0 aliphatic carbocycles. The Morgan fingerprint density at radius 3 is 2.50 bits per heavy atom. The summed E-state index contributed by atoms with van der Waals surface area (Å²) in [6.45, 7) is 4.68. The second-order valence-electron chi connectivity index (χ2n) is 5.10. The molecule has 116 valence electrons. The van der Waals surface area contributed by atoms with E-state index in [2.05, 4.69) is 34.7 Å². The van der Waals surface area contributed by atoms with E-state index in [4.69, 9.17) is 0 Å². The molecule has 0 saturated heterocycles. The predicted octanol–water partition coefficient (Wildman–Crippen LogP) is 3.62. The maximum Gasteiger partial charge on any atom is 0.315 e. The number of nitrogens with zero attached hydrogens (tertiary/aromatic N) is 1. The van der Waals surface area contributed by atoms with Crippen LogP contribution in [0, 0.1) is 0 Å². The summed E-state index contributed by atoms with van der Waals surface area (Å²) in [6, 6.07) is 13.8. The number of aromatic nitrogens is 1. The van der Waals surface area contributed by atoms with Crippen LogP contribution in [-0.4, -0.2) is 22.8 Å². The van der Waals surface area contributed by atoms with Crippen LogP contribution in [0.5, 0.6) is 0 Å². The van der Waals surface area contributed by atoms with Crippen LogP contribution < -0.4 is 10.6 Å². The monoisotopic (exact) mass is 315 g/mol. The normalized spacial score (nSPS) is 13.2. The van der Waals surface area contributed by atoms with Gasteiger partial charge in [-0.2, -0.15) is 0 Å². The van der Waals surface area contributed by atoms with E-state index in [1.54, 1.807) is 24.2 Å². The van der Waals surface area contributed by atoms with Gasteiger partial charge >= 0.3 is 6.03 Å². The fraction of sp³-hybridized carbons (Fsp3) is 0.294. The number of thioether (sulfide) groups is 1. The summed E-state index contributed by atoms with van der Waals surface area (Å²) in [5.41, 5.74) is 1.04. The quantitative estimate of drug-likeness (QED) is 0.801. The second-order valence-corrected chi connectivity index (χ2v) is 6.61. The summed E-state index contributed by atoms with van der Waals surface area (Å²) in [7, 11) is 0. The molecule has 2 N–H and O–H groups in total. The third-order valence-electron chi connectivity index (χ3n) is 3.18. The van der Waals surface area contributed by atoms with Crippen LogP contribution in [-0.2, 0) is 0 Å². The Hall–Kier alpha value is -2.01. The Kier molecular flexibility index (Phi) is 6.27. The molecular weight excluding hydrogens is 294 g/mol. The zero-order chi connectivity index (χ0) is 15.8. The average Bonchev–Trinajstić information content (AvgIpc) is 2.55. The zero-order valence-electron chi connectivity index (χ0n) is 12.8. The summed E-state index contributed by atoms with van der Waals surface area (Å²) in [5.74, 6) is 0. The van der Waals surface area contributed by atoms with Crippen molar-refractivity contribution in [2.24, 2.45) is 0 Å². The maximum atomic E-state index is 11.9. The first-order valence-electron chi connectivity index (χ1n) is 7.31. The lowest BCUT2D eigenvalue weighted by Gasteiger charge is -2.17. The van der Waals surface area contributed by atoms with Crippen LogP contribution in [0.4, 0.5) is 4.79 Å². The topological polar surface area (TPSA) is 54.0 Å². The third kappa shape index (κ3) is 5.41. The van der Waals surface area contributed by atoms with Gasteiger partial charge in [-0.15, -0.1) is 11.8 Å². The van der Waals surface area contributed by atoms with Gasteiger partial charge in [-0.05, 0) is 36.8 Å². The molecule has 1 heterocycles. The molecule has 0 aliphatic rings.